The van der Waals surface area contributed by atoms with Crippen LogP contribution in [0.1, 0.15) is 58.8 Å². The molecule has 0 aromatic rings. The molecule has 0 bridgehead atoms. The summed E-state index contributed by atoms with van der Waals surface area (Å²) >= 11 is 0. The van der Waals surface area contributed by atoms with Crippen molar-refractivity contribution in [3.63, 3.8) is 0 Å². The molecule has 2 N–H and O–H groups in total. The fourth-order valence-electron chi connectivity index (χ4n) is 2.68. The van der Waals surface area contributed by atoms with Crippen molar-refractivity contribution in [3.05, 3.63) is 0 Å². The van der Waals surface area contributed by atoms with E-state index in [0.717, 1.165) is 19.4 Å². The topological polar surface area (TPSA) is 58.6 Å². The predicted octanol–water partition coefficient (Wildman–Crippen LogP) is 2.81. The summed E-state index contributed by atoms with van der Waals surface area (Å²) in [5, 5.41) is 12.0. The molecule has 0 saturated heterocycles. The van der Waals surface area contributed by atoms with Crippen molar-refractivity contribution in [1.29, 1.82) is 0 Å². The van der Waals surface area contributed by atoms with E-state index in [-0.39, 0.29) is 0 Å². The van der Waals surface area contributed by atoms with Gasteiger partial charge in [-0.15, -0.1) is 0 Å². The lowest BCUT2D eigenvalue weighted by Crippen LogP contribution is -2.47. The SMILES string of the molecule is CNC(C)(CCCCOC1CCCCC1C)C(=O)O. The summed E-state index contributed by atoms with van der Waals surface area (Å²) in [5.74, 6) is -0.104. The Labute approximate surface area is 116 Å². The van der Waals surface area contributed by atoms with Crippen molar-refractivity contribution < 1.29 is 14.6 Å². The van der Waals surface area contributed by atoms with E-state index >= 15 is 0 Å². The van der Waals surface area contributed by atoms with Crippen molar-refractivity contribution in [1.82, 2.24) is 5.32 Å². The number of hydrogen-bond donors (Lipinski definition) is 2. The highest BCUT2D eigenvalue weighted by molar-refractivity contribution is 5.78. The van der Waals surface area contributed by atoms with Gasteiger partial charge in [-0.2, -0.15) is 0 Å². The quantitative estimate of drug-likeness (QED) is 0.666. The Balaban J connectivity index is 2.15. The van der Waals surface area contributed by atoms with Gasteiger partial charge in [0, 0.05) is 6.61 Å². The highest BCUT2D eigenvalue weighted by atomic mass is 16.5. The third-order valence-electron chi connectivity index (χ3n) is 4.46. The molecule has 0 radical (unpaired) electrons. The minimum Gasteiger partial charge on any atom is -0.480 e. The lowest BCUT2D eigenvalue weighted by Gasteiger charge is -2.29. The van der Waals surface area contributed by atoms with Gasteiger partial charge in [-0.1, -0.05) is 19.8 Å². The van der Waals surface area contributed by atoms with Gasteiger partial charge in [0.2, 0.25) is 0 Å². The molecule has 19 heavy (non-hydrogen) atoms. The maximum atomic E-state index is 11.1. The molecule has 1 aliphatic carbocycles. The predicted molar refractivity (Wildman–Crippen MR) is 76.3 cm³/mol. The molecule has 3 unspecified atom stereocenters. The van der Waals surface area contributed by atoms with Gasteiger partial charge in [-0.05, 0) is 52.0 Å². The molecule has 1 fully saturated rings. The van der Waals surface area contributed by atoms with Crippen LogP contribution in [-0.4, -0.2) is 36.4 Å². The van der Waals surface area contributed by atoms with Crippen LogP contribution < -0.4 is 5.32 Å². The van der Waals surface area contributed by atoms with Crippen LogP contribution in [0.3, 0.4) is 0 Å². The monoisotopic (exact) mass is 271 g/mol. The van der Waals surface area contributed by atoms with Gasteiger partial charge in [-0.25, -0.2) is 0 Å². The highest BCUT2D eigenvalue weighted by Gasteiger charge is 2.30. The Hall–Kier alpha value is -0.610. The number of likely N-dealkylation sites (N-methyl/N-ethyl adjacent to an activating group) is 1. The molecule has 4 heteroatoms. The first-order chi connectivity index (χ1) is 8.99. The first-order valence-corrected chi connectivity index (χ1v) is 7.53. The van der Waals surface area contributed by atoms with Crippen LogP contribution in [0, 0.1) is 5.92 Å². The minimum atomic E-state index is -0.807. The van der Waals surface area contributed by atoms with E-state index in [1.807, 2.05) is 0 Å². The highest BCUT2D eigenvalue weighted by Crippen LogP contribution is 2.26. The molecule has 1 saturated carbocycles. The Bertz CT molecular complexity index is 283. The molecular weight excluding hydrogens is 242 g/mol. The molecule has 1 aliphatic rings. The first-order valence-electron chi connectivity index (χ1n) is 7.53. The van der Waals surface area contributed by atoms with E-state index in [1.54, 1.807) is 14.0 Å². The number of hydrogen-bond acceptors (Lipinski definition) is 3. The number of nitrogens with one attached hydrogen (secondary N) is 1. The number of ether oxygens (including phenoxy) is 1. The lowest BCUT2D eigenvalue weighted by molar-refractivity contribution is -0.144. The summed E-state index contributed by atoms with van der Waals surface area (Å²) in [6.07, 6.45) is 7.96. The second-order valence-electron chi connectivity index (χ2n) is 6.02. The summed E-state index contributed by atoms with van der Waals surface area (Å²) in [6.45, 7) is 4.76. The van der Waals surface area contributed by atoms with Gasteiger partial charge in [0.05, 0.1) is 6.10 Å². The molecule has 0 amide bonds. The maximum absolute atomic E-state index is 11.1. The van der Waals surface area contributed by atoms with Crippen molar-refractivity contribution in [2.24, 2.45) is 5.92 Å². The molecule has 0 aromatic carbocycles. The molecule has 0 spiro atoms. The Morgan fingerprint density at radius 2 is 2.05 bits per heavy atom. The van der Waals surface area contributed by atoms with E-state index < -0.39 is 11.5 Å². The third-order valence-corrected chi connectivity index (χ3v) is 4.46. The Morgan fingerprint density at radius 1 is 1.37 bits per heavy atom. The van der Waals surface area contributed by atoms with Gasteiger partial charge in [-0.3, -0.25) is 4.79 Å². The van der Waals surface area contributed by atoms with Gasteiger partial charge in [0.1, 0.15) is 5.54 Å². The summed E-state index contributed by atoms with van der Waals surface area (Å²) in [5.41, 5.74) is -0.807. The van der Waals surface area contributed by atoms with Gasteiger partial charge in [0.25, 0.3) is 0 Å². The van der Waals surface area contributed by atoms with E-state index in [2.05, 4.69) is 12.2 Å². The van der Waals surface area contributed by atoms with Crippen LogP contribution in [0.4, 0.5) is 0 Å². The Morgan fingerprint density at radius 3 is 2.63 bits per heavy atom. The van der Waals surface area contributed by atoms with Crippen LogP contribution in [0.5, 0.6) is 0 Å². The van der Waals surface area contributed by atoms with Crippen LogP contribution in [0.2, 0.25) is 0 Å². The number of aliphatic carboxylic acids is 1. The second-order valence-corrected chi connectivity index (χ2v) is 6.02. The molecule has 0 aliphatic heterocycles. The molecule has 1 rings (SSSR count). The summed E-state index contributed by atoms with van der Waals surface area (Å²) in [6, 6.07) is 0. The van der Waals surface area contributed by atoms with Gasteiger partial charge >= 0.3 is 5.97 Å². The summed E-state index contributed by atoms with van der Waals surface area (Å²) < 4.78 is 5.94. The maximum Gasteiger partial charge on any atom is 0.323 e. The van der Waals surface area contributed by atoms with Crippen molar-refractivity contribution in [3.8, 4) is 0 Å². The number of unbranched alkanes of at least 4 members (excludes halogenated alkanes) is 1. The average Bonchev–Trinajstić information content (AvgIpc) is 2.39. The zero-order chi connectivity index (χ0) is 14.3. The fraction of sp³-hybridized carbons (Fsp3) is 0.933. The number of carboxylic acid groups (broad SMARTS) is 1. The standard InChI is InChI=1S/C15H29NO3/c1-12-8-4-5-9-13(12)19-11-7-6-10-15(2,16-3)14(17)18/h12-13,16H,4-11H2,1-3H3,(H,17,18). The third kappa shape index (κ3) is 5.11. The summed E-state index contributed by atoms with van der Waals surface area (Å²) in [7, 11) is 1.70. The molecule has 4 nitrogen and oxygen atoms in total. The van der Waals surface area contributed by atoms with Gasteiger partial charge < -0.3 is 15.2 Å². The van der Waals surface area contributed by atoms with Crippen LogP contribution in [0.15, 0.2) is 0 Å². The van der Waals surface area contributed by atoms with Crippen LogP contribution >= 0.6 is 0 Å². The first kappa shape index (κ1) is 16.4. The lowest BCUT2D eigenvalue weighted by atomic mass is 9.88. The number of rotatable bonds is 8. The van der Waals surface area contributed by atoms with E-state index in [1.165, 1.54) is 25.7 Å². The largest absolute Gasteiger partial charge is 0.480 e. The molecule has 0 heterocycles. The number of carbonyl (C=O) groups is 1. The average molecular weight is 271 g/mol. The fourth-order valence-corrected chi connectivity index (χ4v) is 2.68. The van der Waals surface area contributed by atoms with Gasteiger partial charge in [0.15, 0.2) is 0 Å². The molecule has 0 aromatic heterocycles. The van der Waals surface area contributed by atoms with E-state index in [4.69, 9.17) is 9.84 Å². The number of carboxylic acids is 1. The zero-order valence-electron chi connectivity index (χ0n) is 12.6. The summed E-state index contributed by atoms with van der Waals surface area (Å²) in [4.78, 5) is 11.1. The van der Waals surface area contributed by atoms with Crippen LogP contribution in [-0.2, 0) is 9.53 Å². The normalized spacial score (nSPS) is 26.9. The molecule has 112 valence electrons. The molecule has 3 atom stereocenters. The second kappa shape index (κ2) is 7.85. The Kier molecular flexibility index (Phi) is 6.80. The zero-order valence-corrected chi connectivity index (χ0v) is 12.6. The van der Waals surface area contributed by atoms with E-state index in [0.29, 0.717) is 18.4 Å². The minimum absolute atomic E-state index is 0.420. The smallest absolute Gasteiger partial charge is 0.323 e. The van der Waals surface area contributed by atoms with Crippen LogP contribution in [0.25, 0.3) is 0 Å². The van der Waals surface area contributed by atoms with Crippen molar-refractivity contribution in [2.75, 3.05) is 13.7 Å². The van der Waals surface area contributed by atoms with Crippen molar-refractivity contribution >= 4 is 5.97 Å². The van der Waals surface area contributed by atoms with Crippen molar-refractivity contribution in [2.45, 2.75) is 70.4 Å². The van der Waals surface area contributed by atoms with E-state index in [9.17, 15) is 4.79 Å². The molecular formula is C15H29NO3.